The number of aliphatic imine (C=N–C) groups is 1. The van der Waals surface area contributed by atoms with Crippen LogP contribution in [0.25, 0.3) is 0 Å². The van der Waals surface area contributed by atoms with Crippen molar-refractivity contribution in [2.24, 2.45) is 10.7 Å². The predicted octanol–water partition coefficient (Wildman–Crippen LogP) is 3.12. The van der Waals surface area contributed by atoms with Gasteiger partial charge in [0.15, 0.2) is 5.96 Å². The highest BCUT2D eigenvalue weighted by Crippen LogP contribution is 2.23. The topological polar surface area (TPSA) is 50.8 Å². The van der Waals surface area contributed by atoms with Crippen LogP contribution in [-0.4, -0.2) is 31.1 Å². The molecule has 4 nitrogen and oxygen atoms in total. The van der Waals surface area contributed by atoms with E-state index in [0.29, 0.717) is 17.5 Å². The minimum absolute atomic E-state index is 0. The van der Waals surface area contributed by atoms with Crippen LogP contribution in [-0.2, 0) is 6.54 Å². The fourth-order valence-corrected chi connectivity index (χ4v) is 1.82. The Kier molecular flexibility index (Phi) is 8.92. The first kappa shape index (κ1) is 18.3. The van der Waals surface area contributed by atoms with Crippen LogP contribution in [0.2, 0.25) is 5.02 Å². The van der Waals surface area contributed by atoms with Crippen LogP contribution >= 0.6 is 35.6 Å². The number of nitrogens with two attached hydrogens (primary N) is 1. The minimum Gasteiger partial charge on any atom is -0.496 e. The van der Waals surface area contributed by atoms with E-state index in [1.807, 2.05) is 17.0 Å². The second-order valence-electron chi connectivity index (χ2n) is 3.80. The Morgan fingerprint density at radius 1 is 1.37 bits per heavy atom. The molecule has 0 heterocycles. The molecule has 0 spiro atoms. The monoisotopic (exact) mass is 397 g/mol. The van der Waals surface area contributed by atoms with Crippen LogP contribution in [0.5, 0.6) is 5.75 Å². The summed E-state index contributed by atoms with van der Waals surface area (Å²) in [7, 11) is 1.62. The van der Waals surface area contributed by atoms with E-state index in [1.165, 1.54) is 0 Å². The molecule has 0 aliphatic heterocycles. The second-order valence-corrected chi connectivity index (χ2v) is 4.24. The van der Waals surface area contributed by atoms with E-state index in [2.05, 4.69) is 18.8 Å². The van der Waals surface area contributed by atoms with E-state index in [1.54, 1.807) is 13.2 Å². The van der Waals surface area contributed by atoms with E-state index < -0.39 is 0 Å². The second kappa shape index (κ2) is 9.25. The molecule has 0 aliphatic rings. The quantitative estimate of drug-likeness (QED) is 0.472. The van der Waals surface area contributed by atoms with Gasteiger partial charge in [-0.3, -0.25) is 0 Å². The summed E-state index contributed by atoms with van der Waals surface area (Å²) in [5.74, 6) is 1.29. The summed E-state index contributed by atoms with van der Waals surface area (Å²) in [6, 6.07) is 5.50. The van der Waals surface area contributed by atoms with Crippen molar-refractivity contribution in [1.29, 1.82) is 0 Å². The number of ether oxygens (including phenoxy) is 1. The fourth-order valence-electron chi connectivity index (χ4n) is 1.66. The first-order valence-electron chi connectivity index (χ1n) is 5.99. The van der Waals surface area contributed by atoms with E-state index >= 15 is 0 Å². The lowest BCUT2D eigenvalue weighted by Gasteiger charge is -2.19. The van der Waals surface area contributed by atoms with Crippen LogP contribution in [0.3, 0.4) is 0 Å². The Morgan fingerprint density at radius 2 is 2.00 bits per heavy atom. The molecule has 0 aromatic heterocycles. The van der Waals surface area contributed by atoms with Crippen molar-refractivity contribution >= 4 is 41.5 Å². The number of halogens is 2. The van der Waals surface area contributed by atoms with Crippen LogP contribution in [0, 0.1) is 0 Å². The van der Waals surface area contributed by atoms with Gasteiger partial charge in [-0.2, -0.15) is 0 Å². The molecule has 1 aromatic carbocycles. The number of rotatable bonds is 5. The van der Waals surface area contributed by atoms with Gasteiger partial charge in [-0.05, 0) is 26.0 Å². The molecule has 2 N–H and O–H groups in total. The number of nitrogens with zero attached hydrogens (tertiary/aromatic N) is 2. The van der Waals surface area contributed by atoms with Crippen molar-refractivity contribution in [2.75, 3.05) is 20.2 Å². The van der Waals surface area contributed by atoms with Gasteiger partial charge in [0.05, 0.1) is 13.7 Å². The Morgan fingerprint density at radius 3 is 2.53 bits per heavy atom. The zero-order chi connectivity index (χ0) is 13.5. The summed E-state index contributed by atoms with van der Waals surface area (Å²) in [6.45, 7) is 6.29. The lowest BCUT2D eigenvalue weighted by molar-refractivity contribution is 0.409. The highest BCUT2D eigenvalue weighted by molar-refractivity contribution is 14.0. The molecular weight excluding hydrogens is 377 g/mol. The molecule has 1 rings (SSSR count). The SMILES string of the molecule is CCN(CC)C(N)=NCc1ccc(Cl)cc1OC.I. The standard InChI is InChI=1S/C13H20ClN3O.HI/c1-4-17(5-2)13(15)16-9-10-6-7-11(14)8-12(10)18-3;/h6-8H,4-5,9H2,1-3H3,(H2,15,16);1H. The van der Waals surface area contributed by atoms with Gasteiger partial charge in [-0.1, -0.05) is 17.7 Å². The molecule has 0 bridgehead atoms. The van der Waals surface area contributed by atoms with Gasteiger partial charge in [-0.25, -0.2) is 4.99 Å². The molecule has 6 heteroatoms. The summed E-state index contributed by atoms with van der Waals surface area (Å²) >= 11 is 5.90. The van der Waals surface area contributed by atoms with Gasteiger partial charge in [-0.15, -0.1) is 24.0 Å². The largest absolute Gasteiger partial charge is 0.496 e. The smallest absolute Gasteiger partial charge is 0.191 e. The lowest BCUT2D eigenvalue weighted by Crippen LogP contribution is -2.37. The van der Waals surface area contributed by atoms with Crippen LogP contribution in [0.15, 0.2) is 23.2 Å². The molecule has 0 amide bonds. The first-order valence-corrected chi connectivity index (χ1v) is 6.37. The van der Waals surface area contributed by atoms with Crippen molar-refractivity contribution in [1.82, 2.24) is 4.90 Å². The Labute approximate surface area is 137 Å². The number of hydrogen-bond acceptors (Lipinski definition) is 2. The maximum Gasteiger partial charge on any atom is 0.191 e. The number of guanidine groups is 1. The zero-order valence-corrected chi connectivity index (χ0v) is 14.6. The van der Waals surface area contributed by atoms with Crippen LogP contribution in [0.4, 0.5) is 0 Å². The average molecular weight is 398 g/mol. The predicted molar refractivity (Wildman–Crippen MR) is 91.7 cm³/mol. The van der Waals surface area contributed by atoms with E-state index in [4.69, 9.17) is 22.1 Å². The third-order valence-corrected chi connectivity index (χ3v) is 2.98. The summed E-state index contributed by atoms with van der Waals surface area (Å²) in [4.78, 5) is 6.37. The number of benzene rings is 1. The van der Waals surface area contributed by atoms with Crippen molar-refractivity contribution in [2.45, 2.75) is 20.4 Å². The molecular formula is C13H21ClIN3O. The number of hydrogen-bond donors (Lipinski definition) is 1. The van der Waals surface area contributed by atoms with Gasteiger partial charge >= 0.3 is 0 Å². The van der Waals surface area contributed by atoms with Crippen molar-refractivity contribution in [3.05, 3.63) is 28.8 Å². The average Bonchev–Trinajstić information content (AvgIpc) is 2.38. The zero-order valence-electron chi connectivity index (χ0n) is 11.5. The molecule has 0 saturated carbocycles. The lowest BCUT2D eigenvalue weighted by atomic mass is 10.2. The van der Waals surface area contributed by atoms with Crippen molar-refractivity contribution in [3.63, 3.8) is 0 Å². The minimum atomic E-state index is 0. The van der Waals surface area contributed by atoms with Gasteiger partial charge < -0.3 is 15.4 Å². The summed E-state index contributed by atoms with van der Waals surface area (Å²) in [5, 5.41) is 0.649. The highest BCUT2D eigenvalue weighted by atomic mass is 127. The summed E-state index contributed by atoms with van der Waals surface area (Å²) in [5.41, 5.74) is 6.89. The van der Waals surface area contributed by atoms with E-state index in [0.717, 1.165) is 24.4 Å². The Balaban J connectivity index is 0.00000324. The molecule has 0 radical (unpaired) electrons. The molecule has 0 atom stereocenters. The normalized spacial score (nSPS) is 10.8. The summed E-state index contributed by atoms with van der Waals surface area (Å²) < 4.78 is 5.26. The summed E-state index contributed by atoms with van der Waals surface area (Å²) in [6.07, 6.45) is 0. The molecule has 0 aliphatic carbocycles. The molecule has 0 fully saturated rings. The van der Waals surface area contributed by atoms with Crippen LogP contribution < -0.4 is 10.5 Å². The molecule has 0 saturated heterocycles. The highest BCUT2D eigenvalue weighted by Gasteiger charge is 2.05. The van der Waals surface area contributed by atoms with Crippen LogP contribution in [0.1, 0.15) is 19.4 Å². The van der Waals surface area contributed by atoms with Crippen molar-refractivity contribution < 1.29 is 4.74 Å². The fraction of sp³-hybridized carbons (Fsp3) is 0.462. The van der Waals surface area contributed by atoms with Gasteiger partial charge in [0.2, 0.25) is 0 Å². The molecule has 19 heavy (non-hydrogen) atoms. The first-order chi connectivity index (χ1) is 8.62. The third-order valence-electron chi connectivity index (χ3n) is 2.75. The third kappa shape index (κ3) is 5.44. The van der Waals surface area contributed by atoms with E-state index in [9.17, 15) is 0 Å². The van der Waals surface area contributed by atoms with Gasteiger partial charge in [0, 0.05) is 23.7 Å². The maximum absolute atomic E-state index is 5.92. The molecule has 0 unspecified atom stereocenters. The number of methoxy groups -OCH3 is 1. The van der Waals surface area contributed by atoms with Gasteiger partial charge in [0.25, 0.3) is 0 Å². The van der Waals surface area contributed by atoms with Gasteiger partial charge in [0.1, 0.15) is 5.75 Å². The molecule has 1 aromatic rings. The Bertz CT molecular complexity index is 422. The molecule has 108 valence electrons. The van der Waals surface area contributed by atoms with E-state index in [-0.39, 0.29) is 24.0 Å². The van der Waals surface area contributed by atoms with Crippen molar-refractivity contribution in [3.8, 4) is 5.75 Å². The maximum atomic E-state index is 5.92. The Hall–Kier alpha value is -0.690.